The lowest BCUT2D eigenvalue weighted by Crippen LogP contribution is -2.38. The lowest BCUT2D eigenvalue weighted by Gasteiger charge is -2.15. The number of anilines is 1. The number of hydrogen-bond donors (Lipinski definition) is 3. The summed E-state index contributed by atoms with van der Waals surface area (Å²) in [6.07, 6.45) is 0. The van der Waals surface area contributed by atoms with Crippen LogP contribution in [0.5, 0.6) is 5.75 Å². The van der Waals surface area contributed by atoms with Crippen LogP contribution < -0.4 is 20.7 Å². The first-order valence-electron chi connectivity index (χ1n) is 8.79. The molecule has 3 N–H and O–H groups in total. The maximum absolute atomic E-state index is 13.6. The third-order valence-corrected chi connectivity index (χ3v) is 3.76. The zero-order chi connectivity index (χ0) is 19.6. The summed E-state index contributed by atoms with van der Waals surface area (Å²) in [6, 6.07) is 12.7. The number of amides is 2. The van der Waals surface area contributed by atoms with Gasteiger partial charge in [-0.05, 0) is 37.7 Å². The Kier molecular flexibility index (Phi) is 7.76. The summed E-state index contributed by atoms with van der Waals surface area (Å²) in [4.78, 5) is 24.4. The van der Waals surface area contributed by atoms with Crippen molar-refractivity contribution in [3.63, 3.8) is 0 Å². The van der Waals surface area contributed by atoms with E-state index in [-0.39, 0.29) is 30.0 Å². The average molecular weight is 373 g/mol. The molecule has 27 heavy (non-hydrogen) atoms. The summed E-state index contributed by atoms with van der Waals surface area (Å²) in [5.74, 6) is -1.05. The molecule has 0 unspecified atom stereocenters. The highest BCUT2D eigenvalue weighted by atomic mass is 19.1. The Labute approximate surface area is 158 Å². The van der Waals surface area contributed by atoms with Crippen LogP contribution in [0.15, 0.2) is 48.5 Å². The van der Waals surface area contributed by atoms with E-state index in [4.69, 9.17) is 4.74 Å². The van der Waals surface area contributed by atoms with Crippen LogP contribution in [0.25, 0.3) is 0 Å². The van der Waals surface area contributed by atoms with Gasteiger partial charge in [-0.15, -0.1) is 0 Å². The van der Waals surface area contributed by atoms with Crippen LogP contribution in [0, 0.1) is 5.82 Å². The van der Waals surface area contributed by atoms with E-state index in [0.717, 1.165) is 6.54 Å². The van der Waals surface area contributed by atoms with Gasteiger partial charge in [0.2, 0.25) is 0 Å². The van der Waals surface area contributed by atoms with Gasteiger partial charge in [0.15, 0.2) is 6.61 Å². The normalized spacial score (nSPS) is 11.5. The maximum atomic E-state index is 13.6. The minimum atomic E-state index is -0.527. The van der Waals surface area contributed by atoms with E-state index in [2.05, 4.69) is 16.0 Å². The third kappa shape index (κ3) is 6.38. The Bertz CT molecular complexity index is 783. The first-order chi connectivity index (χ1) is 13.0. The molecule has 0 aliphatic carbocycles. The molecule has 0 aliphatic rings. The molecule has 0 saturated carbocycles. The number of hydrogen-bond acceptors (Lipinski definition) is 4. The summed E-state index contributed by atoms with van der Waals surface area (Å²) in [7, 11) is 0. The number of carbonyl (C=O) groups excluding carboxylic acids is 2. The van der Waals surface area contributed by atoms with Crippen molar-refractivity contribution in [2.45, 2.75) is 19.9 Å². The lowest BCUT2D eigenvalue weighted by molar-refractivity contribution is -0.118. The van der Waals surface area contributed by atoms with Gasteiger partial charge < -0.3 is 20.7 Å². The molecule has 2 amide bonds. The summed E-state index contributed by atoms with van der Waals surface area (Å²) in [5.41, 5.74) is 0.412. The molecule has 1 atom stereocenters. The van der Waals surface area contributed by atoms with E-state index >= 15 is 0 Å². The molecule has 0 aromatic heterocycles. The number of ether oxygens (including phenoxy) is 1. The third-order valence-electron chi connectivity index (χ3n) is 3.76. The highest BCUT2D eigenvalue weighted by Gasteiger charge is 2.14. The summed E-state index contributed by atoms with van der Waals surface area (Å²) >= 11 is 0. The number of halogens is 1. The fourth-order valence-corrected chi connectivity index (χ4v) is 2.43. The van der Waals surface area contributed by atoms with Crippen LogP contribution >= 0.6 is 0 Å². The van der Waals surface area contributed by atoms with Crippen molar-refractivity contribution in [2.75, 3.05) is 25.0 Å². The molecule has 2 aromatic carbocycles. The molecular weight excluding hydrogens is 349 g/mol. The summed E-state index contributed by atoms with van der Waals surface area (Å²) < 4.78 is 19.0. The van der Waals surface area contributed by atoms with Gasteiger partial charge in [-0.1, -0.05) is 31.2 Å². The second-order valence-corrected chi connectivity index (χ2v) is 5.98. The van der Waals surface area contributed by atoms with Crippen molar-refractivity contribution in [1.29, 1.82) is 0 Å². The average Bonchev–Trinajstić information content (AvgIpc) is 2.67. The number of carbonyl (C=O) groups is 2. The van der Waals surface area contributed by atoms with Gasteiger partial charge >= 0.3 is 0 Å². The molecule has 6 nitrogen and oxygen atoms in total. The topological polar surface area (TPSA) is 79.5 Å². The van der Waals surface area contributed by atoms with Crippen molar-refractivity contribution in [2.24, 2.45) is 0 Å². The molecule has 7 heteroatoms. The Morgan fingerprint density at radius 3 is 2.56 bits per heavy atom. The lowest BCUT2D eigenvalue weighted by atomic mass is 10.2. The highest BCUT2D eigenvalue weighted by molar-refractivity contribution is 5.97. The molecule has 0 heterocycles. The summed E-state index contributed by atoms with van der Waals surface area (Å²) in [5, 5.41) is 8.47. The number of nitrogens with one attached hydrogen (secondary N) is 3. The summed E-state index contributed by atoms with van der Waals surface area (Å²) in [6.45, 7) is 4.90. The predicted octanol–water partition coefficient (Wildman–Crippen LogP) is 2.57. The van der Waals surface area contributed by atoms with Gasteiger partial charge in [0.05, 0.1) is 11.3 Å². The largest absolute Gasteiger partial charge is 0.483 e. The fourth-order valence-electron chi connectivity index (χ4n) is 2.43. The van der Waals surface area contributed by atoms with Crippen LogP contribution in [0.3, 0.4) is 0 Å². The van der Waals surface area contributed by atoms with E-state index in [1.165, 1.54) is 18.2 Å². The van der Waals surface area contributed by atoms with Crippen LogP contribution in [0.4, 0.5) is 10.1 Å². The van der Waals surface area contributed by atoms with Crippen LogP contribution in [-0.4, -0.2) is 37.6 Å². The van der Waals surface area contributed by atoms with Crippen molar-refractivity contribution in [3.05, 3.63) is 59.9 Å². The monoisotopic (exact) mass is 373 g/mol. The predicted molar refractivity (Wildman–Crippen MR) is 102 cm³/mol. The van der Waals surface area contributed by atoms with Gasteiger partial charge in [-0.2, -0.15) is 0 Å². The molecule has 0 bridgehead atoms. The molecule has 2 rings (SSSR count). The number of rotatable bonds is 9. The Morgan fingerprint density at radius 1 is 1.11 bits per heavy atom. The van der Waals surface area contributed by atoms with E-state index < -0.39 is 11.7 Å². The van der Waals surface area contributed by atoms with Gasteiger partial charge in [0.1, 0.15) is 11.6 Å². The molecule has 144 valence electrons. The van der Waals surface area contributed by atoms with E-state index in [9.17, 15) is 14.0 Å². The van der Waals surface area contributed by atoms with Crippen LogP contribution in [0.1, 0.15) is 24.2 Å². The maximum Gasteiger partial charge on any atom is 0.262 e. The van der Waals surface area contributed by atoms with Crippen molar-refractivity contribution in [1.82, 2.24) is 10.6 Å². The minimum Gasteiger partial charge on any atom is -0.483 e. The first-order valence-corrected chi connectivity index (χ1v) is 8.79. The van der Waals surface area contributed by atoms with Crippen molar-refractivity contribution >= 4 is 17.5 Å². The smallest absolute Gasteiger partial charge is 0.262 e. The van der Waals surface area contributed by atoms with E-state index in [1.807, 2.05) is 13.8 Å². The molecule has 0 saturated heterocycles. The molecule has 0 radical (unpaired) electrons. The molecule has 0 spiro atoms. The second-order valence-electron chi connectivity index (χ2n) is 5.98. The Balaban J connectivity index is 1.94. The zero-order valence-corrected chi connectivity index (χ0v) is 15.4. The Morgan fingerprint density at radius 2 is 1.81 bits per heavy atom. The highest BCUT2D eigenvalue weighted by Crippen LogP contribution is 2.18. The van der Waals surface area contributed by atoms with Gasteiger partial charge in [0.25, 0.3) is 11.8 Å². The van der Waals surface area contributed by atoms with Crippen LogP contribution in [-0.2, 0) is 4.79 Å². The zero-order valence-electron chi connectivity index (χ0n) is 15.4. The molecule has 0 aliphatic heterocycles. The van der Waals surface area contributed by atoms with E-state index in [1.54, 1.807) is 30.3 Å². The molecule has 2 aromatic rings. The molecule has 0 fully saturated rings. The number of likely N-dealkylation sites (N-methyl/N-ethyl adjacent to an activating group) is 1. The number of benzene rings is 2. The second kappa shape index (κ2) is 10.3. The van der Waals surface area contributed by atoms with Crippen molar-refractivity contribution in [3.8, 4) is 5.75 Å². The van der Waals surface area contributed by atoms with Crippen LogP contribution in [0.2, 0.25) is 0 Å². The minimum absolute atomic E-state index is 0.0783. The van der Waals surface area contributed by atoms with Gasteiger partial charge in [-0.3, -0.25) is 9.59 Å². The SMILES string of the molecule is CCN[C@H](C)CNC(=O)c1ccccc1OCC(=O)Nc1ccccc1F. The fraction of sp³-hybridized carbons (Fsp3) is 0.300. The Hall–Kier alpha value is -2.93. The quantitative estimate of drug-likeness (QED) is 0.631. The first kappa shape index (κ1) is 20.4. The molecular formula is C20H24FN3O3. The van der Waals surface area contributed by atoms with Gasteiger partial charge in [-0.25, -0.2) is 4.39 Å². The van der Waals surface area contributed by atoms with Crippen molar-refractivity contribution < 1.29 is 18.7 Å². The number of para-hydroxylation sites is 2. The van der Waals surface area contributed by atoms with Gasteiger partial charge in [0, 0.05) is 12.6 Å². The van der Waals surface area contributed by atoms with E-state index in [0.29, 0.717) is 12.1 Å². The standard InChI is InChI=1S/C20H24FN3O3/c1-3-22-14(2)12-23-20(26)15-8-4-7-11-18(15)27-13-19(25)24-17-10-6-5-9-16(17)21/h4-11,14,22H,3,12-13H2,1-2H3,(H,23,26)(H,24,25)/t14-/m1/s1.